The van der Waals surface area contributed by atoms with Crippen molar-refractivity contribution < 1.29 is 24.4 Å². The third-order valence-electron chi connectivity index (χ3n) is 3.95. The summed E-state index contributed by atoms with van der Waals surface area (Å²) in [5.41, 5.74) is -0.111. The molecular formula is C14H28O5. The smallest absolute Gasteiger partial charge is 0.0893 e. The molecule has 2 unspecified atom stereocenters. The molecule has 19 heavy (non-hydrogen) atoms. The largest absolute Gasteiger partial charge is 0.396 e. The van der Waals surface area contributed by atoms with Gasteiger partial charge in [-0.25, -0.2) is 0 Å². The quantitative estimate of drug-likeness (QED) is 0.773. The summed E-state index contributed by atoms with van der Waals surface area (Å²) in [6, 6.07) is 0. The van der Waals surface area contributed by atoms with Gasteiger partial charge in [-0.15, -0.1) is 0 Å². The van der Waals surface area contributed by atoms with Crippen molar-refractivity contribution in [3.63, 3.8) is 0 Å². The number of ether oxygens (including phenoxy) is 3. The molecule has 0 aromatic rings. The first-order valence-electron chi connectivity index (χ1n) is 6.79. The summed E-state index contributed by atoms with van der Waals surface area (Å²) in [7, 11) is 3.24. The third kappa shape index (κ3) is 3.67. The normalized spacial score (nSPS) is 36.5. The predicted octanol–water partition coefficient (Wildman–Crippen LogP) is 0.678. The highest BCUT2D eigenvalue weighted by Gasteiger charge is 2.49. The number of aliphatic hydroxyl groups excluding tert-OH is 2. The van der Waals surface area contributed by atoms with Gasteiger partial charge >= 0.3 is 0 Å². The first-order valence-corrected chi connectivity index (χ1v) is 6.79. The van der Waals surface area contributed by atoms with E-state index in [1.165, 1.54) is 0 Å². The molecule has 5 heteroatoms. The van der Waals surface area contributed by atoms with Gasteiger partial charge in [-0.05, 0) is 5.41 Å². The van der Waals surface area contributed by atoms with Crippen LogP contribution in [0.5, 0.6) is 0 Å². The van der Waals surface area contributed by atoms with Crippen molar-refractivity contribution in [1.29, 1.82) is 0 Å². The molecule has 0 amide bonds. The van der Waals surface area contributed by atoms with Crippen molar-refractivity contribution in [2.45, 2.75) is 39.1 Å². The van der Waals surface area contributed by atoms with Crippen LogP contribution in [0.1, 0.15) is 20.8 Å². The van der Waals surface area contributed by atoms with Gasteiger partial charge in [-0.3, -0.25) is 0 Å². The zero-order chi connectivity index (χ0) is 14.6. The molecule has 5 atom stereocenters. The standard InChI is InChI=1S/C14H28O5/c1-14(2,3)13-12(18-5)10(7-16)9(6-15)11(19-13)8-17-4/h9-13,15-16H,6-8H2,1-5H3/t9-,10-,11?,12?,13-/m0/s1. The van der Waals surface area contributed by atoms with Crippen molar-refractivity contribution >= 4 is 0 Å². The molecule has 5 nitrogen and oxygen atoms in total. The van der Waals surface area contributed by atoms with Gasteiger partial charge in [0.05, 0.1) is 24.9 Å². The van der Waals surface area contributed by atoms with E-state index in [0.29, 0.717) is 6.61 Å². The van der Waals surface area contributed by atoms with E-state index >= 15 is 0 Å². The molecule has 1 fully saturated rings. The molecule has 0 aromatic heterocycles. The van der Waals surface area contributed by atoms with Crippen LogP contribution in [-0.4, -0.2) is 62.6 Å². The summed E-state index contributed by atoms with van der Waals surface area (Å²) < 4.78 is 16.8. The summed E-state index contributed by atoms with van der Waals surface area (Å²) in [6.45, 7) is 6.59. The Morgan fingerprint density at radius 1 is 1.05 bits per heavy atom. The van der Waals surface area contributed by atoms with Crippen LogP contribution in [-0.2, 0) is 14.2 Å². The first kappa shape index (κ1) is 16.9. The molecule has 1 heterocycles. The van der Waals surface area contributed by atoms with Crippen molar-refractivity contribution in [2.75, 3.05) is 34.0 Å². The number of rotatable bonds is 5. The molecule has 0 aromatic carbocycles. The zero-order valence-electron chi connectivity index (χ0n) is 12.6. The second-order valence-corrected chi connectivity index (χ2v) is 6.31. The van der Waals surface area contributed by atoms with Gasteiger partial charge in [-0.2, -0.15) is 0 Å². The lowest BCUT2D eigenvalue weighted by molar-refractivity contribution is -0.235. The van der Waals surface area contributed by atoms with E-state index < -0.39 is 0 Å². The Labute approximate surface area is 115 Å². The second-order valence-electron chi connectivity index (χ2n) is 6.31. The van der Waals surface area contributed by atoms with Gasteiger partial charge in [0, 0.05) is 39.3 Å². The van der Waals surface area contributed by atoms with Crippen LogP contribution in [0.2, 0.25) is 0 Å². The molecular weight excluding hydrogens is 248 g/mol. The molecule has 0 saturated carbocycles. The van der Waals surface area contributed by atoms with E-state index in [1.54, 1.807) is 14.2 Å². The molecule has 1 saturated heterocycles. The average molecular weight is 276 g/mol. The van der Waals surface area contributed by atoms with Gasteiger partial charge < -0.3 is 24.4 Å². The molecule has 0 spiro atoms. The number of methoxy groups -OCH3 is 2. The molecule has 1 aliphatic rings. The van der Waals surface area contributed by atoms with Crippen molar-refractivity contribution in [3.05, 3.63) is 0 Å². The fourth-order valence-electron chi connectivity index (χ4n) is 2.93. The SMILES string of the molecule is COCC1O[C@H](C(C)(C)C)C(OC)[C@@H](CO)[C@@H]1CO. The summed E-state index contributed by atoms with van der Waals surface area (Å²) >= 11 is 0. The lowest BCUT2D eigenvalue weighted by Gasteiger charge is -2.49. The van der Waals surface area contributed by atoms with Crippen LogP contribution in [0.3, 0.4) is 0 Å². The Bertz CT molecular complexity index is 263. The Morgan fingerprint density at radius 3 is 2.00 bits per heavy atom. The van der Waals surface area contributed by atoms with Crippen LogP contribution < -0.4 is 0 Å². The van der Waals surface area contributed by atoms with Crippen LogP contribution in [0.15, 0.2) is 0 Å². The van der Waals surface area contributed by atoms with Crippen LogP contribution in [0.4, 0.5) is 0 Å². The predicted molar refractivity (Wildman–Crippen MR) is 71.9 cm³/mol. The summed E-state index contributed by atoms with van der Waals surface area (Å²) in [5.74, 6) is -0.318. The first-order chi connectivity index (χ1) is 8.90. The fourth-order valence-corrected chi connectivity index (χ4v) is 2.93. The van der Waals surface area contributed by atoms with Gasteiger partial charge in [0.25, 0.3) is 0 Å². The van der Waals surface area contributed by atoms with Crippen LogP contribution in [0.25, 0.3) is 0 Å². The van der Waals surface area contributed by atoms with E-state index in [0.717, 1.165) is 0 Å². The number of hydrogen-bond acceptors (Lipinski definition) is 5. The van der Waals surface area contributed by atoms with E-state index in [4.69, 9.17) is 14.2 Å². The molecule has 2 N–H and O–H groups in total. The van der Waals surface area contributed by atoms with Crippen molar-refractivity contribution in [1.82, 2.24) is 0 Å². The lowest BCUT2D eigenvalue weighted by Crippen LogP contribution is -2.59. The fraction of sp³-hybridized carbons (Fsp3) is 1.00. The Balaban J connectivity index is 3.02. The second kappa shape index (κ2) is 6.99. The maximum absolute atomic E-state index is 9.68. The minimum absolute atomic E-state index is 0.0279. The van der Waals surface area contributed by atoms with E-state index in [2.05, 4.69) is 20.8 Å². The Kier molecular flexibility index (Phi) is 6.20. The van der Waals surface area contributed by atoms with E-state index in [1.807, 2.05) is 0 Å². The maximum atomic E-state index is 9.68. The molecule has 114 valence electrons. The molecule has 0 radical (unpaired) electrons. The minimum atomic E-state index is -0.227. The van der Waals surface area contributed by atoms with Crippen molar-refractivity contribution in [2.24, 2.45) is 17.3 Å². The van der Waals surface area contributed by atoms with Crippen molar-refractivity contribution in [3.8, 4) is 0 Å². The zero-order valence-corrected chi connectivity index (χ0v) is 12.6. The highest BCUT2D eigenvalue weighted by molar-refractivity contribution is 4.96. The summed E-state index contributed by atoms with van der Waals surface area (Å²) in [4.78, 5) is 0. The molecule has 1 rings (SSSR count). The lowest BCUT2D eigenvalue weighted by atomic mass is 9.73. The van der Waals surface area contributed by atoms with Crippen LogP contribution >= 0.6 is 0 Å². The topological polar surface area (TPSA) is 68.2 Å². The molecule has 0 bridgehead atoms. The highest BCUT2D eigenvalue weighted by atomic mass is 16.6. The highest BCUT2D eigenvalue weighted by Crippen LogP contribution is 2.39. The minimum Gasteiger partial charge on any atom is -0.396 e. The van der Waals surface area contributed by atoms with Gasteiger partial charge in [0.15, 0.2) is 0 Å². The van der Waals surface area contributed by atoms with Gasteiger partial charge in [-0.1, -0.05) is 20.8 Å². The number of aliphatic hydroxyl groups is 2. The molecule has 1 aliphatic heterocycles. The van der Waals surface area contributed by atoms with Gasteiger partial charge in [0.2, 0.25) is 0 Å². The van der Waals surface area contributed by atoms with Crippen LogP contribution in [0, 0.1) is 17.3 Å². The monoisotopic (exact) mass is 276 g/mol. The van der Waals surface area contributed by atoms with Gasteiger partial charge in [0.1, 0.15) is 0 Å². The van der Waals surface area contributed by atoms with E-state index in [-0.39, 0.29) is 48.8 Å². The Morgan fingerprint density at radius 2 is 1.63 bits per heavy atom. The number of hydrogen-bond donors (Lipinski definition) is 2. The van der Waals surface area contributed by atoms with E-state index in [9.17, 15) is 10.2 Å². The maximum Gasteiger partial charge on any atom is 0.0893 e. The Hall–Kier alpha value is -0.200. The summed E-state index contributed by atoms with van der Waals surface area (Å²) in [5, 5.41) is 19.3. The molecule has 0 aliphatic carbocycles. The summed E-state index contributed by atoms with van der Waals surface area (Å²) in [6.07, 6.45) is -0.587. The average Bonchev–Trinajstić information content (AvgIpc) is 2.36. The third-order valence-corrected chi connectivity index (χ3v) is 3.95.